The third-order valence-corrected chi connectivity index (χ3v) is 6.08. The van der Waals surface area contributed by atoms with E-state index < -0.39 is 0 Å². The summed E-state index contributed by atoms with van der Waals surface area (Å²) in [7, 11) is 0. The van der Waals surface area contributed by atoms with E-state index in [1.807, 2.05) is 11.3 Å². The SMILES string of the molecule is CCC(Cc1ccccc1)c1ccc(-c2cc3ccccc3s2)cc1. The third kappa shape index (κ3) is 3.52. The first kappa shape index (κ1) is 16.1. The Bertz CT molecular complexity index is 915. The molecule has 25 heavy (non-hydrogen) atoms. The highest BCUT2D eigenvalue weighted by Gasteiger charge is 2.11. The second-order valence-corrected chi connectivity index (χ2v) is 7.65. The first-order valence-electron chi connectivity index (χ1n) is 8.96. The van der Waals surface area contributed by atoms with Gasteiger partial charge in [0.25, 0.3) is 0 Å². The Hall–Kier alpha value is -2.38. The number of benzene rings is 3. The van der Waals surface area contributed by atoms with Gasteiger partial charge in [-0.25, -0.2) is 0 Å². The Morgan fingerprint density at radius 2 is 1.52 bits per heavy atom. The molecule has 1 atom stereocenters. The van der Waals surface area contributed by atoms with E-state index in [2.05, 4.69) is 91.9 Å². The van der Waals surface area contributed by atoms with Crippen LogP contribution in [-0.4, -0.2) is 0 Å². The average Bonchev–Trinajstić information content (AvgIpc) is 3.11. The standard InChI is InChI=1S/C24H22S/c1-2-19(16-18-8-4-3-5-9-18)20-12-14-21(15-13-20)24-17-22-10-6-7-11-23(22)25-24/h3-15,17,19H,2,16H2,1H3. The predicted octanol–water partition coefficient (Wildman–Crippen LogP) is 7.30. The van der Waals surface area contributed by atoms with E-state index in [-0.39, 0.29) is 0 Å². The summed E-state index contributed by atoms with van der Waals surface area (Å²) < 4.78 is 1.36. The van der Waals surface area contributed by atoms with Crippen molar-refractivity contribution in [1.82, 2.24) is 0 Å². The van der Waals surface area contributed by atoms with Crippen molar-refractivity contribution in [3.8, 4) is 10.4 Å². The molecule has 0 aliphatic heterocycles. The van der Waals surface area contributed by atoms with E-state index in [0.717, 1.165) is 12.8 Å². The van der Waals surface area contributed by atoms with Crippen LogP contribution in [0.15, 0.2) is 84.9 Å². The molecule has 1 unspecified atom stereocenters. The highest BCUT2D eigenvalue weighted by atomic mass is 32.1. The second-order valence-electron chi connectivity index (χ2n) is 6.57. The van der Waals surface area contributed by atoms with Crippen molar-refractivity contribution in [1.29, 1.82) is 0 Å². The van der Waals surface area contributed by atoms with E-state index in [9.17, 15) is 0 Å². The fraction of sp³-hybridized carbons (Fsp3) is 0.167. The lowest BCUT2D eigenvalue weighted by molar-refractivity contribution is 0.660. The summed E-state index contributed by atoms with van der Waals surface area (Å²) in [5.74, 6) is 0.582. The van der Waals surface area contributed by atoms with Crippen LogP contribution in [0.1, 0.15) is 30.4 Å². The molecular weight excluding hydrogens is 320 g/mol. The first-order chi connectivity index (χ1) is 12.3. The third-order valence-electron chi connectivity index (χ3n) is 4.91. The predicted molar refractivity (Wildman–Crippen MR) is 110 cm³/mol. The Kier molecular flexibility index (Phi) is 4.67. The summed E-state index contributed by atoms with van der Waals surface area (Å²) in [6.07, 6.45) is 2.27. The molecule has 1 aromatic heterocycles. The number of fused-ring (bicyclic) bond motifs is 1. The quantitative estimate of drug-likeness (QED) is 0.357. The van der Waals surface area contributed by atoms with Gasteiger partial charge in [0.15, 0.2) is 0 Å². The normalized spacial score (nSPS) is 12.4. The summed E-state index contributed by atoms with van der Waals surface area (Å²) in [5, 5.41) is 1.34. The summed E-state index contributed by atoms with van der Waals surface area (Å²) in [4.78, 5) is 1.35. The molecule has 1 heteroatoms. The Morgan fingerprint density at radius 1 is 0.800 bits per heavy atom. The molecule has 4 aromatic rings. The molecule has 0 aliphatic rings. The lowest BCUT2D eigenvalue weighted by Gasteiger charge is -2.16. The van der Waals surface area contributed by atoms with Crippen LogP contribution < -0.4 is 0 Å². The Labute approximate surface area is 153 Å². The van der Waals surface area contributed by atoms with Crippen LogP contribution in [0.3, 0.4) is 0 Å². The lowest BCUT2D eigenvalue weighted by atomic mass is 9.89. The van der Waals surface area contributed by atoms with Gasteiger partial charge in [-0.1, -0.05) is 79.7 Å². The minimum absolute atomic E-state index is 0.582. The van der Waals surface area contributed by atoms with Gasteiger partial charge in [0.1, 0.15) is 0 Å². The van der Waals surface area contributed by atoms with Gasteiger partial charge in [-0.05, 0) is 53.0 Å². The summed E-state index contributed by atoms with van der Waals surface area (Å²) in [6, 6.07) is 30.9. The number of rotatable bonds is 5. The second kappa shape index (κ2) is 7.25. The van der Waals surface area contributed by atoms with Gasteiger partial charge in [-0.15, -0.1) is 11.3 Å². The van der Waals surface area contributed by atoms with Crippen molar-refractivity contribution in [2.45, 2.75) is 25.7 Å². The molecule has 0 radical (unpaired) electrons. The molecule has 124 valence electrons. The van der Waals surface area contributed by atoms with Crippen molar-refractivity contribution in [3.05, 3.63) is 96.1 Å². The van der Waals surface area contributed by atoms with Crippen molar-refractivity contribution < 1.29 is 0 Å². The van der Waals surface area contributed by atoms with E-state index in [0.29, 0.717) is 5.92 Å². The molecule has 0 amide bonds. The fourth-order valence-corrected chi connectivity index (χ4v) is 4.51. The minimum Gasteiger partial charge on any atom is -0.135 e. The van der Waals surface area contributed by atoms with Gasteiger partial charge < -0.3 is 0 Å². The smallest absolute Gasteiger partial charge is 0.0355 e. The van der Waals surface area contributed by atoms with E-state index >= 15 is 0 Å². The number of hydrogen-bond acceptors (Lipinski definition) is 1. The van der Waals surface area contributed by atoms with Crippen LogP contribution in [0.5, 0.6) is 0 Å². The van der Waals surface area contributed by atoms with Crippen LogP contribution in [0, 0.1) is 0 Å². The van der Waals surface area contributed by atoms with Gasteiger partial charge in [0.2, 0.25) is 0 Å². The molecule has 3 aromatic carbocycles. The number of hydrogen-bond donors (Lipinski definition) is 0. The zero-order valence-corrected chi connectivity index (χ0v) is 15.3. The molecule has 0 N–H and O–H groups in total. The van der Waals surface area contributed by atoms with E-state index in [1.54, 1.807) is 0 Å². The van der Waals surface area contributed by atoms with Gasteiger partial charge in [0.05, 0.1) is 0 Å². The van der Waals surface area contributed by atoms with Crippen LogP contribution in [0.25, 0.3) is 20.5 Å². The summed E-state index contributed by atoms with van der Waals surface area (Å²) in [6.45, 7) is 2.29. The summed E-state index contributed by atoms with van der Waals surface area (Å²) in [5.41, 5.74) is 4.18. The molecular formula is C24H22S. The Balaban J connectivity index is 1.58. The van der Waals surface area contributed by atoms with Crippen molar-refractivity contribution in [2.24, 2.45) is 0 Å². The maximum atomic E-state index is 2.32. The maximum absolute atomic E-state index is 2.32. The van der Waals surface area contributed by atoms with Gasteiger partial charge >= 0.3 is 0 Å². The molecule has 4 rings (SSSR count). The lowest BCUT2D eigenvalue weighted by Crippen LogP contribution is -2.01. The van der Waals surface area contributed by atoms with Crippen molar-refractivity contribution in [3.63, 3.8) is 0 Å². The minimum atomic E-state index is 0.582. The topological polar surface area (TPSA) is 0 Å². The maximum Gasteiger partial charge on any atom is 0.0355 e. The van der Waals surface area contributed by atoms with Crippen molar-refractivity contribution >= 4 is 21.4 Å². The number of thiophene rings is 1. The molecule has 0 aliphatic carbocycles. The molecule has 0 saturated heterocycles. The molecule has 0 bridgehead atoms. The van der Waals surface area contributed by atoms with Gasteiger partial charge in [-0.3, -0.25) is 0 Å². The van der Waals surface area contributed by atoms with E-state index in [1.165, 1.54) is 31.7 Å². The average molecular weight is 343 g/mol. The molecule has 0 spiro atoms. The highest BCUT2D eigenvalue weighted by molar-refractivity contribution is 7.22. The highest BCUT2D eigenvalue weighted by Crippen LogP contribution is 2.34. The van der Waals surface area contributed by atoms with Crippen LogP contribution in [0.4, 0.5) is 0 Å². The molecule has 0 nitrogen and oxygen atoms in total. The largest absolute Gasteiger partial charge is 0.135 e. The molecule has 0 fully saturated rings. The monoisotopic (exact) mass is 342 g/mol. The zero-order valence-electron chi connectivity index (χ0n) is 14.5. The van der Waals surface area contributed by atoms with Crippen LogP contribution in [-0.2, 0) is 6.42 Å². The van der Waals surface area contributed by atoms with Crippen molar-refractivity contribution in [2.75, 3.05) is 0 Å². The fourth-order valence-electron chi connectivity index (χ4n) is 3.44. The van der Waals surface area contributed by atoms with Crippen LogP contribution in [0.2, 0.25) is 0 Å². The molecule has 1 heterocycles. The zero-order chi connectivity index (χ0) is 17.1. The summed E-state index contributed by atoms with van der Waals surface area (Å²) >= 11 is 1.87. The Morgan fingerprint density at radius 3 is 2.24 bits per heavy atom. The van der Waals surface area contributed by atoms with Gasteiger partial charge in [-0.2, -0.15) is 0 Å². The molecule has 0 saturated carbocycles. The first-order valence-corrected chi connectivity index (χ1v) is 9.78. The van der Waals surface area contributed by atoms with E-state index in [4.69, 9.17) is 0 Å². The van der Waals surface area contributed by atoms with Crippen LogP contribution >= 0.6 is 11.3 Å². The van der Waals surface area contributed by atoms with Gasteiger partial charge in [0, 0.05) is 9.58 Å².